The number of halogens is 1. The first-order valence-corrected chi connectivity index (χ1v) is 6.62. The lowest BCUT2D eigenvalue weighted by Crippen LogP contribution is -2.25. The summed E-state index contributed by atoms with van der Waals surface area (Å²) in [5, 5.41) is 0. The number of carbonyl (C=O) groups is 1. The van der Waals surface area contributed by atoms with E-state index in [4.69, 9.17) is 14.2 Å². The molecule has 1 rings (SSSR count). The standard InChI is InChI=1S/C15H21FO4/c1-5-19-15(17)11(3)10(2)9-20-12-6-7-13(16)14(8-12)18-4/h6-8,10-11H,5,9H2,1-4H3. The summed E-state index contributed by atoms with van der Waals surface area (Å²) in [6, 6.07) is 4.30. The summed E-state index contributed by atoms with van der Waals surface area (Å²) < 4.78 is 28.7. The van der Waals surface area contributed by atoms with Crippen LogP contribution in [0.3, 0.4) is 0 Å². The van der Waals surface area contributed by atoms with E-state index in [1.165, 1.54) is 25.3 Å². The molecule has 20 heavy (non-hydrogen) atoms. The Morgan fingerprint density at radius 1 is 1.35 bits per heavy atom. The summed E-state index contributed by atoms with van der Waals surface area (Å²) in [5.74, 6) is -0.296. The van der Waals surface area contributed by atoms with Crippen LogP contribution in [0.1, 0.15) is 20.8 Å². The van der Waals surface area contributed by atoms with Gasteiger partial charge in [-0.25, -0.2) is 4.39 Å². The fourth-order valence-electron chi connectivity index (χ4n) is 1.61. The molecule has 112 valence electrons. The normalized spacial score (nSPS) is 13.4. The van der Waals surface area contributed by atoms with Gasteiger partial charge in [-0.2, -0.15) is 0 Å². The van der Waals surface area contributed by atoms with E-state index in [0.717, 1.165) is 0 Å². The Morgan fingerprint density at radius 3 is 2.65 bits per heavy atom. The highest BCUT2D eigenvalue weighted by atomic mass is 19.1. The maximum atomic E-state index is 13.2. The second-order valence-corrected chi connectivity index (χ2v) is 4.63. The lowest BCUT2D eigenvalue weighted by molar-refractivity contribution is -0.149. The highest BCUT2D eigenvalue weighted by molar-refractivity contribution is 5.72. The zero-order valence-corrected chi connectivity index (χ0v) is 12.3. The maximum Gasteiger partial charge on any atom is 0.309 e. The molecule has 0 saturated heterocycles. The van der Waals surface area contributed by atoms with Gasteiger partial charge in [-0.15, -0.1) is 0 Å². The first kappa shape index (κ1) is 16.3. The molecule has 2 atom stereocenters. The minimum absolute atomic E-state index is 0.00917. The Balaban J connectivity index is 2.56. The van der Waals surface area contributed by atoms with Gasteiger partial charge in [0.2, 0.25) is 0 Å². The van der Waals surface area contributed by atoms with E-state index in [-0.39, 0.29) is 23.6 Å². The van der Waals surface area contributed by atoms with E-state index in [9.17, 15) is 9.18 Å². The SMILES string of the molecule is CCOC(=O)C(C)C(C)COc1ccc(F)c(OC)c1. The lowest BCUT2D eigenvalue weighted by atomic mass is 9.97. The van der Waals surface area contributed by atoms with E-state index >= 15 is 0 Å². The van der Waals surface area contributed by atoms with Gasteiger partial charge in [0.1, 0.15) is 5.75 Å². The topological polar surface area (TPSA) is 44.8 Å². The Labute approximate surface area is 118 Å². The van der Waals surface area contributed by atoms with Crippen molar-refractivity contribution >= 4 is 5.97 Å². The molecule has 0 aromatic heterocycles. The van der Waals surface area contributed by atoms with Crippen LogP contribution < -0.4 is 9.47 Å². The molecule has 0 aliphatic rings. The third-order valence-corrected chi connectivity index (χ3v) is 3.15. The molecule has 0 fully saturated rings. The number of carbonyl (C=O) groups excluding carboxylic acids is 1. The second-order valence-electron chi connectivity index (χ2n) is 4.63. The van der Waals surface area contributed by atoms with Gasteiger partial charge in [0.25, 0.3) is 0 Å². The Morgan fingerprint density at radius 2 is 2.05 bits per heavy atom. The molecule has 5 heteroatoms. The van der Waals surface area contributed by atoms with Crippen molar-refractivity contribution in [3.05, 3.63) is 24.0 Å². The van der Waals surface area contributed by atoms with E-state index in [2.05, 4.69) is 0 Å². The van der Waals surface area contributed by atoms with Gasteiger partial charge in [-0.3, -0.25) is 4.79 Å². The molecule has 4 nitrogen and oxygen atoms in total. The minimum atomic E-state index is -0.437. The molecule has 0 amide bonds. The zero-order chi connectivity index (χ0) is 15.1. The fraction of sp³-hybridized carbons (Fsp3) is 0.533. The summed E-state index contributed by atoms with van der Waals surface area (Å²) in [6.45, 7) is 6.19. The van der Waals surface area contributed by atoms with Gasteiger partial charge in [0.15, 0.2) is 11.6 Å². The van der Waals surface area contributed by atoms with Gasteiger partial charge < -0.3 is 14.2 Å². The van der Waals surface area contributed by atoms with Crippen LogP contribution in [0.15, 0.2) is 18.2 Å². The molecular formula is C15H21FO4. The van der Waals surface area contributed by atoms with Gasteiger partial charge in [0.05, 0.1) is 26.2 Å². The summed E-state index contributed by atoms with van der Waals surface area (Å²) in [7, 11) is 1.40. The maximum absolute atomic E-state index is 13.2. The Bertz CT molecular complexity index is 447. The van der Waals surface area contributed by atoms with Crippen molar-refractivity contribution < 1.29 is 23.4 Å². The Hall–Kier alpha value is -1.78. The van der Waals surface area contributed by atoms with E-state index in [1.807, 2.05) is 6.92 Å². The molecule has 0 spiro atoms. The van der Waals surface area contributed by atoms with E-state index in [0.29, 0.717) is 19.0 Å². The van der Waals surface area contributed by atoms with Crippen molar-refractivity contribution in [1.29, 1.82) is 0 Å². The average molecular weight is 284 g/mol. The molecule has 0 bridgehead atoms. The van der Waals surface area contributed by atoms with Crippen LogP contribution in [0.2, 0.25) is 0 Å². The van der Waals surface area contributed by atoms with Crippen LogP contribution in [-0.4, -0.2) is 26.3 Å². The van der Waals surface area contributed by atoms with Crippen molar-refractivity contribution in [2.24, 2.45) is 11.8 Å². The number of methoxy groups -OCH3 is 1. The average Bonchev–Trinajstić information content (AvgIpc) is 2.45. The first-order valence-electron chi connectivity index (χ1n) is 6.62. The summed E-state index contributed by atoms with van der Waals surface area (Å²) in [5.41, 5.74) is 0. The minimum Gasteiger partial charge on any atom is -0.494 e. The second kappa shape index (κ2) is 7.72. The monoisotopic (exact) mass is 284 g/mol. The molecule has 1 aromatic rings. The summed E-state index contributed by atoms with van der Waals surface area (Å²) in [4.78, 5) is 11.6. The van der Waals surface area contributed by atoms with Gasteiger partial charge in [0, 0.05) is 12.0 Å². The van der Waals surface area contributed by atoms with Crippen LogP contribution >= 0.6 is 0 Å². The van der Waals surface area contributed by atoms with Crippen LogP contribution in [0.5, 0.6) is 11.5 Å². The van der Waals surface area contributed by atoms with Crippen molar-refractivity contribution in [1.82, 2.24) is 0 Å². The first-order chi connectivity index (χ1) is 9.49. The van der Waals surface area contributed by atoms with Crippen LogP contribution in [0, 0.1) is 17.7 Å². The molecule has 0 aliphatic carbocycles. The Kier molecular flexibility index (Phi) is 6.28. The smallest absolute Gasteiger partial charge is 0.309 e. The van der Waals surface area contributed by atoms with Crippen molar-refractivity contribution in [3.63, 3.8) is 0 Å². The lowest BCUT2D eigenvalue weighted by Gasteiger charge is -2.19. The number of esters is 1. The third kappa shape index (κ3) is 4.40. The van der Waals surface area contributed by atoms with Gasteiger partial charge in [-0.05, 0) is 19.1 Å². The summed E-state index contributed by atoms with van der Waals surface area (Å²) >= 11 is 0. The van der Waals surface area contributed by atoms with Crippen molar-refractivity contribution in [2.75, 3.05) is 20.3 Å². The highest BCUT2D eigenvalue weighted by Crippen LogP contribution is 2.24. The van der Waals surface area contributed by atoms with Gasteiger partial charge >= 0.3 is 5.97 Å². The quantitative estimate of drug-likeness (QED) is 0.722. The number of benzene rings is 1. The summed E-state index contributed by atoms with van der Waals surface area (Å²) in [6.07, 6.45) is 0. The molecule has 0 N–H and O–H groups in total. The molecule has 0 heterocycles. The molecule has 0 saturated carbocycles. The van der Waals surface area contributed by atoms with Crippen molar-refractivity contribution in [3.8, 4) is 11.5 Å². The molecule has 2 unspecified atom stereocenters. The molecule has 0 aliphatic heterocycles. The van der Waals surface area contributed by atoms with Crippen molar-refractivity contribution in [2.45, 2.75) is 20.8 Å². The van der Waals surface area contributed by atoms with Crippen LogP contribution in [0.4, 0.5) is 4.39 Å². The molecule has 0 radical (unpaired) electrons. The third-order valence-electron chi connectivity index (χ3n) is 3.15. The fourth-order valence-corrected chi connectivity index (χ4v) is 1.61. The predicted molar refractivity (Wildman–Crippen MR) is 73.4 cm³/mol. The van der Waals surface area contributed by atoms with Crippen LogP contribution in [0.25, 0.3) is 0 Å². The van der Waals surface area contributed by atoms with E-state index < -0.39 is 5.82 Å². The predicted octanol–water partition coefficient (Wildman–Crippen LogP) is 3.05. The zero-order valence-electron chi connectivity index (χ0n) is 12.3. The van der Waals surface area contributed by atoms with Gasteiger partial charge in [-0.1, -0.05) is 13.8 Å². The molecular weight excluding hydrogens is 263 g/mol. The van der Waals surface area contributed by atoms with Crippen LogP contribution in [-0.2, 0) is 9.53 Å². The number of hydrogen-bond donors (Lipinski definition) is 0. The highest BCUT2D eigenvalue weighted by Gasteiger charge is 2.22. The molecule has 1 aromatic carbocycles. The number of hydrogen-bond acceptors (Lipinski definition) is 4. The number of rotatable bonds is 7. The van der Waals surface area contributed by atoms with E-state index in [1.54, 1.807) is 13.8 Å². The largest absolute Gasteiger partial charge is 0.494 e. The number of ether oxygens (including phenoxy) is 3.